The van der Waals surface area contributed by atoms with Gasteiger partial charge in [-0.3, -0.25) is 4.79 Å². The molecule has 0 saturated carbocycles. The van der Waals surface area contributed by atoms with Gasteiger partial charge in [-0.2, -0.15) is 5.10 Å². The second-order valence-electron chi connectivity index (χ2n) is 8.15. The lowest BCUT2D eigenvalue weighted by molar-refractivity contribution is 0.0917. The Kier molecular flexibility index (Phi) is 4.99. The van der Waals surface area contributed by atoms with Crippen LogP contribution in [0.1, 0.15) is 59.4 Å². The molecular formula is C21H27ClN4O. The molecule has 2 aromatic rings. The molecule has 1 amide bonds. The highest BCUT2D eigenvalue weighted by atomic mass is 35.5. The Bertz CT molecular complexity index is 833. The van der Waals surface area contributed by atoms with Crippen molar-refractivity contribution in [3.05, 3.63) is 46.8 Å². The third-order valence-corrected chi connectivity index (χ3v) is 6.23. The molecule has 0 spiro atoms. The Morgan fingerprint density at radius 1 is 1.15 bits per heavy atom. The molecule has 1 aliphatic carbocycles. The standard InChI is InChI=1S/C21H26N4O.ClH/c1-13-5-9-17(10-6-13)25-19-4-2-3-18(19)20(24-25)21(26)23-16-11-14-7-8-15(12-16)22-14;/h5-6,9-10,14-16,22H,2-4,7-8,11-12H2,1H3,(H,23,26);1H. The van der Waals surface area contributed by atoms with Crippen LogP contribution in [0.4, 0.5) is 0 Å². The fourth-order valence-corrected chi connectivity index (χ4v) is 4.95. The van der Waals surface area contributed by atoms with Crippen molar-refractivity contribution in [2.24, 2.45) is 0 Å². The molecule has 1 aromatic carbocycles. The highest BCUT2D eigenvalue weighted by Crippen LogP contribution is 2.30. The van der Waals surface area contributed by atoms with Crippen LogP contribution in [0.15, 0.2) is 24.3 Å². The van der Waals surface area contributed by atoms with Gasteiger partial charge in [0.15, 0.2) is 5.69 Å². The predicted molar refractivity (Wildman–Crippen MR) is 108 cm³/mol. The Morgan fingerprint density at radius 2 is 1.85 bits per heavy atom. The summed E-state index contributed by atoms with van der Waals surface area (Å²) in [6.07, 6.45) is 7.65. The lowest BCUT2D eigenvalue weighted by Gasteiger charge is -2.29. The first-order valence-electron chi connectivity index (χ1n) is 9.92. The number of aryl methyl sites for hydroxylation is 1. The van der Waals surface area contributed by atoms with Gasteiger partial charge in [0.1, 0.15) is 0 Å². The minimum absolute atomic E-state index is 0. The number of carbonyl (C=O) groups is 1. The van der Waals surface area contributed by atoms with E-state index in [4.69, 9.17) is 5.10 Å². The lowest BCUT2D eigenvalue weighted by Crippen LogP contribution is -2.48. The van der Waals surface area contributed by atoms with E-state index in [1.807, 2.05) is 4.68 Å². The van der Waals surface area contributed by atoms with Crippen molar-refractivity contribution in [1.82, 2.24) is 20.4 Å². The van der Waals surface area contributed by atoms with Crippen LogP contribution in [0.25, 0.3) is 5.69 Å². The third-order valence-electron chi connectivity index (χ3n) is 6.23. The van der Waals surface area contributed by atoms with E-state index >= 15 is 0 Å². The molecule has 5 rings (SSSR count). The number of piperidine rings is 1. The average molecular weight is 387 g/mol. The van der Waals surface area contributed by atoms with Crippen LogP contribution in [0.5, 0.6) is 0 Å². The molecule has 2 N–H and O–H groups in total. The number of nitrogens with zero attached hydrogens (tertiary/aromatic N) is 2. The number of halogens is 1. The second-order valence-corrected chi connectivity index (χ2v) is 8.15. The first-order valence-corrected chi connectivity index (χ1v) is 9.92. The van der Waals surface area contributed by atoms with Crippen LogP contribution in [-0.4, -0.2) is 33.8 Å². The monoisotopic (exact) mass is 386 g/mol. The van der Waals surface area contributed by atoms with Crippen molar-refractivity contribution in [2.75, 3.05) is 0 Å². The van der Waals surface area contributed by atoms with Gasteiger partial charge in [-0.1, -0.05) is 17.7 Å². The van der Waals surface area contributed by atoms with Crippen molar-refractivity contribution in [2.45, 2.75) is 70.0 Å². The maximum absolute atomic E-state index is 13.0. The van der Waals surface area contributed by atoms with Gasteiger partial charge in [0.2, 0.25) is 0 Å². The van der Waals surface area contributed by atoms with Gasteiger partial charge in [0.05, 0.1) is 5.69 Å². The Balaban J connectivity index is 0.00000180. The quantitative estimate of drug-likeness (QED) is 0.852. The molecule has 0 radical (unpaired) electrons. The predicted octanol–water partition coefficient (Wildman–Crippen LogP) is 3.10. The van der Waals surface area contributed by atoms with Gasteiger partial charge in [-0.25, -0.2) is 4.68 Å². The van der Waals surface area contributed by atoms with E-state index < -0.39 is 0 Å². The molecule has 3 aliphatic rings. The molecule has 2 aliphatic heterocycles. The lowest BCUT2D eigenvalue weighted by atomic mass is 9.99. The Hall–Kier alpha value is -1.85. The van der Waals surface area contributed by atoms with Gasteiger partial charge in [-0.05, 0) is 64.0 Å². The van der Waals surface area contributed by atoms with Crippen molar-refractivity contribution >= 4 is 18.3 Å². The summed E-state index contributed by atoms with van der Waals surface area (Å²) in [5.74, 6) is 0.0142. The van der Waals surface area contributed by atoms with Crippen molar-refractivity contribution in [3.63, 3.8) is 0 Å². The maximum Gasteiger partial charge on any atom is 0.272 e. The molecule has 2 unspecified atom stereocenters. The molecule has 2 atom stereocenters. The molecule has 2 bridgehead atoms. The van der Waals surface area contributed by atoms with Crippen LogP contribution in [0.3, 0.4) is 0 Å². The van der Waals surface area contributed by atoms with E-state index in [1.165, 1.54) is 24.1 Å². The Morgan fingerprint density at radius 3 is 2.56 bits per heavy atom. The van der Waals surface area contributed by atoms with Crippen molar-refractivity contribution in [3.8, 4) is 5.69 Å². The number of fused-ring (bicyclic) bond motifs is 3. The van der Waals surface area contributed by atoms with Crippen LogP contribution in [0, 0.1) is 6.92 Å². The fraction of sp³-hybridized carbons (Fsp3) is 0.524. The molecule has 5 nitrogen and oxygen atoms in total. The zero-order valence-corrected chi connectivity index (χ0v) is 16.5. The summed E-state index contributed by atoms with van der Waals surface area (Å²) in [5.41, 5.74) is 5.29. The summed E-state index contributed by atoms with van der Waals surface area (Å²) >= 11 is 0. The summed E-state index contributed by atoms with van der Waals surface area (Å²) in [7, 11) is 0. The molecule has 27 heavy (non-hydrogen) atoms. The highest BCUT2D eigenvalue weighted by molar-refractivity contribution is 5.94. The van der Waals surface area contributed by atoms with Crippen LogP contribution in [0.2, 0.25) is 0 Å². The number of hydrogen-bond donors (Lipinski definition) is 2. The molecule has 144 valence electrons. The van der Waals surface area contributed by atoms with Crippen LogP contribution >= 0.6 is 12.4 Å². The number of benzene rings is 1. The summed E-state index contributed by atoms with van der Waals surface area (Å²) in [4.78, 5) is 13.0. The van der Waals surface area contributed by atoms with Crippen LogP contribution < -0.4 is 10.6 Å². The first kappa shape index (κ1) is 18.5. The number of aromatic nitrogens is 2. The summed E-state index contributed by atoms with van der Waals surface area (Å²) < 4.78 is 1.99. The van der Waals surface area contributed by atoms with Gasteiger partial charge >= 0.3 is 0 Å². The number of hydrogen-bond acceptors (Lipinski definition) is 3. The second kappa shape index (κ2) is 7.28. The maximum atomic E-state index is 13.0. The van der Waals surface area contributed by atoms with Gasteiger partial charge in [0, 0.05) is 29.4 Å². The number of amides is 1. The molecule has 1 aromatic heterocycles. The SMILES string of the molecule is Cc1ccc(-n2nc(C(=O)NC3CC4CCC(C3)N4)c3c2CCC3)cc1.Cl. The minimum Gasteiger partial charge on any atom is -0.348 e. The fourth-order valence-electron chi connectivity index (χ4n) is 4.95. The topological polar surface area (TPSA) is 59.0 Å². The number of nitrogens with one attached hydrogen (secondary N) is 2. The molecular weight excluding hydrogens is 360 g/mol. The normalized spacial score (nSPS) is 25.7. The van der Waals surface area contributed by atoms with Crippen molar-refractivity contribution < 1.29 is 4.79 Å². The summed E-state index contributed by atoms with van der Waals surface area (Å²) in [6.45, 7) is 2.09. The first-order chi connectivity index (χ1) is 12.7. The number of rotatable bonds is 3. The molecule has 2 fully saturated rings. The summed E-state index contributed by atoms with van der Waals surface area (Å²) in [6, 6.07) is 9.82. The van der Waals surface area contributed by atoms with Crippen molar-refractivity contribution in [1.29, 1.82) is 0 Å². The highest BCUT2D eigenvalue weighted by Gasteiger charge is 2.35. The average Bonchev–Trinajstić information content (AvgIpc) is 3.31. The molecule has 2 saturated heterocycles. The van der Waals surface area contributed by atoms with Crippen LogP contribution in [-0.2, 0) is 12.8 Å². The van der Waals surface area contributed by atoms with E-state index in [0.29, 0.717) is 17.8 Å². The number of carbonyl (C=O) groups excluding carboxylic acids is 1. The van der Waals surface area contributed by atoms with E-state index in [2.05, 4.69) is 41.8 Å². The Labute approximate surface area is 166 Å². The zero-order valence-electron chi connectivity index (χ0n) is 15.7. The third kappa shape index (κ3) is 3.39. The zero-order chi connectivity index (χ0) is 17.7. The van der Waals surface area contributed by atoms with Gasteiger partial charge in [-0.15, -0.1) is 12.4 Å². The van der Waals surface area contributed by atoms with Gasteiger partial charge < -0.3 is 10.6 Å². The van der Waals surface area contributed by atoms with E-state index in [0.717, 1.165) is 43.4 Å². The van der Waals surface area contributed by atoms with E-state index in [1.54, 1.807) is 0 Å². The van der Waals surface area contributed by atoms with E-state index in [-0.39, 0.29) is 24.4 Å². The largest absolute Gasteiger partial charge is 0.348 e. The molecule has 3 heterocycles. The smallest absolute Gasteiger partial charge is 0.272 e. The van der Waals surface area contributed by atoms with Gasteiger partial charge in [0.25, 0.3) is 5.91 Å². The summed E-state index contributed by atoms with van der Waals surface area (Å²) in [5, 5.41) is 11.7. The van der Waals surface area contributed by atoms with E-state index in [9.17, 15) is 4.79 Å². The minimum atomic E-state index is 0. The molecule has 6 heteroatoms.